The Bertz CT molecular complexity index is 374. The fourth-order valence-corrected chi connectivity index (χ4v) is 1.20. The molecule has 0 aliphatic heterocycles. The van der Waals surface area contributed by atoms with Gasteiger partial charge in [0, 0.05) is 19.7 Å². The van der Waals surface area contributed by atoms with Crippen molar-refractivity contribution in [1.82, 2.24) is 0 Å². The molecule has 1 rings (SSSR count). The summed E-state index contributed by atoms with van der Waals surface area (Å²) in [6, 6.07) is 0.113. The number of aliphatic hydroxyl groups is 1. The summed E-state index contributed by atoms with van der Waals surface area (Å²) in [5.41, 5.74) is -0.947. The van der Waals surface area contributed by atoms with Crippen molar-refractivity contribution >= 4 is 5.69 Å². The van der Waals surface area contributed by atoms with Crippen LogP contribution in [0.2, 0.25) is 0 Å². The molecule has 0 fully saturated rings. The van der Waals surface area contributed by atoms with Crippen LogP contribution in [-0.4, -0.2) is 31.5 Å². The standard InChI is InChI=1S/C10H11F4NO2/c1-17-4-5(16)3-15-10-8(13)6(11)2-7(12)9(10)14/h2,5,15-16H,3-4H2,1H3. The molecule has 0 spiro atoms. The molecule has 1 unspecified atom stereocenters. The Hall–Kier alpha value is -1.34. The highest BCUT2D eigenvalue weighted by atomic mass is 19.2. The number of ether oxygens (including phenoxy) is 1. The SMILES string of the molecule is COCC(O)CNc1c(F)c(F)cc(F)c1F. The molecule has 0 amide bonds. The Labute approximate surface area is 95.0 Å². The van der Waals surface area contributed by atoms with E-state index in [2.05, 4.69) is 10.1 Å². The Morgan fingerprint density at radius 1 is 1.24 bits per heavy atom. The summed E-state index contributed by atoms with van der Waals surface area (Å²) in [4.78, 5) is 0. The Morgan fingerprint density at radius 2 is 1.76 bits per heavy atom. The van der Waals surface area contributed by atoms with Crippen LogP contribution in [0.3, 0.4) is 0 Å². The van der Waals surface area contributed by atoms with Crippen LogP contribution in [0.15, 0.2) is 6.07 Å². The fourth-order valence-electron chi connectivity index (χ4n) is 1.20. The number of halogens is 4. The van der Waals surface area contributed by atoms with E-state index in [1.54, 1.807) is 0 Å². The minimum Gasteiger partial charge on any atom is -0.389 e. The second-order valence-electron chi connectivity index (χ2n) is 3.33. The summed E-state index contributed by atoms with van der Waals surface area (Å²) in [7, 11) is 1.33. The molecule has 0 aliphatic rings. The van der Waals surface area contributed by atoms with E-state index in [0.717, 1.165) is 0 Å². The van der Waals surface area contributed by atoms with Gasteiger partial charge in [-0.25, -0.2) is 17.6 Å². The van der Waals surface area contributed by atoms with Gasteiger partial charge in [0.1, 0.15) is 5.69 Å². The molecule has 0 saturated carbocycles. The summed E-state index contributed by atoms with van der Waals surface area (Å²) in [6.45, 7) is -0.376. The molecule has 1 aromatic rings. The third-order valence-corrected chi connectivity index (χ3v) is 1.99. The highest BCUT2D eigenvalue weighted by Gasteiger charge is 2.19. The van der Waals surface area contributed by atoms with E-state index in [9.17, 15) is 22.7 Å². The highest BCUT2D eigenvalue weighted by Crippen LogP contribution is 2.23. The molecular weight excluding hydrogens is 242 g/mol. The lowest BCUT2D eigenvalue weighted by atomic mass is 10.2. The second-order valence-corrected chi connectivity index (χ2v) is 3.33. The van der Waals surface area contributed by atoms with E-state index in [1.165, 1.54) is 7.11 Å². The van der Waals surface area contributed by atoms with Crippen molar-refractivity contribution in [3.63, 3.8) is 0 Å². The molecule has 7 heteroatoms. The van der Waals surface area contributed by atoms with E-state index in [4.69, 9.17) is 0 Å². The molecule has 17 heavy (non-hydrogen) atoms. The minimum absolute atomic E-state index is 0.0754. The predicted molar refractivity (Wildman–Crippen MR) is 52.6 cm³/mol. The van der Waals surface area contributed by atoms with E-state index in [0.29, 0.717) is 0 Å². The summed E-state index contributed by atoms with van der Waals surface area (Å²) >= 11 is 0. The average Bonchev–Trinajstić information content (AvgIpc) is 2.27. The number of methoxy groups -OCH3 is 1. The van der Waals surface area contributed by atoms with Crippen LogP contribution in [0, 0.1) is 23.3 Å². The van der Waals surface area contributed by atoms with Crippen molar-refractivity contribution in [2.75, 3.05) is 25.6 Å². The maximum absolute atomic E-state index is 13.1. The van der Waals surface area contributed by atoms with Crippen LogP contribution < -0.4 is 5.32 Å². The van der Waals surface area contributed by atoms with E-state index in [-0.39, 0.29) is 19.2 Å². The molecule has 2 N–H and O–H groups in total. The van der Waals surface area contributed by atoms with E-state index in [1.807, 2.05) is 0 Å². The number of nitrogens with one attached hydrogen (secondary N) is 1. The molecule has 1 aromatic carbocycles. The molecule has 1 atom stereocenters. The number of aliphatic hydroxyl groups excluding tert-OH is 1. The third-order valence-electron chi connectivity index (χ3n) is 1.99. The minimum atomic E-state index is -1.53. The molecule has 0 saturated heterocycles. The summed E-state index contributed by atoms with van der Waals surface area (Å²) in [5.74, 6) is -6.08. The average molecular weight is 253 g/mol. The molecule has 96 valence electrons. The van der Waals surface area contributed by atoms with Gasteiger partial charge in [0.2, 0.25) is 0 Å². The fraction of sp³-hybridized carbons (Fsp3) is 0.400. The van der Waals surface area contributed by atoms with Gasteiger partial charge in [-0.3, -0.25) is 0 Å². The van der Waals surface area contributed by atoms with Gasteiger partial charge in [-0.2, -0.15) is 0 Å². The largest absolute Gasteiger partial charge is 0.389 e. The quantitative estimate of drug-likeness (QED) is 0.619. The van der Waals surface area contributed by atoms with Crippen LogP contribution in [-0.2, 0) is 4.74 Å². The Kier molecular flexibility index (Phi) is 4.71. The second kappa shape index (κ2) is 5.83. The van der Waals surface area contributed by atoms with E-state index >= 15 is 0 Å². The third kappa shape index (κ3) is 3.31. The smallest absolute Gasteiger partial charge is 0.185 e. The molecule has 0 aliphatic carbocycles. The van der Waals surface area contributed by atoms with Gasteiger partial charge >= 0.3 is 0 Å². The van der Waals surface area contributed by atoms with Crippen molar-refractivity contribution in [2.24, 2.45) is 0 Å². The van der Waals surface area contributed by atoms with Crippen molar-refractivity contribution < 1.29 is 27.4 Å². The number of hydrogen-bond acceptors (Lipinski definition) is 3. The topological polar surface area (TPSA) is 41.5 Å². The number of benzene rings is 1. The Morgan fingerprint density at radius 3 is 2.24 bits per heavy atom. The summed E-state index contributed by atoms with van der Waals surface area (Å²) in [5, 5.41) is 11.3. The van der Waals surface area contributed by atoms with Gasteiger partial charge in [0.25, 0.3) is 0 Å². The zero-order valence-electron chi connectivity index (χ0n) is 8.94. The first kappa shape index (κ1) is 13.7. The maximum Gasteiger partial charge on any atom is 0.185 e. The van der Waals surface area contributed by atoms with Crippen LogP contribution in [0.25, 0.3) is 0 Å². The maximum atomic E-state index is 13.1. The van der Waals surface area contributed by atoms with Gasteiger partial charge in [0.05, 0.1) is 12.7 Å². The number of hydrogen-bond donors (Lipinski definition) is 2. The molecule has 0 bridgehead atoms. The van der Waals surface area contributed by atoms with Crippen molar-refractivity contribution in [3.8, 4) is 0 Å². The zero-order chi connectivity index (χ0) is 13.0. The first-order valence-electron chi connectivity index (χ1n) is 4.71. The van der Waals surface area contributed by atoms with Gasteiger partial charge < -0.3 is 15.2 Å². The monoisotopic (exact) mass is 253 g/mol. The first-order chi connectivity index (χ1) is 7.97. The molecule has 0 aromatic heterocycles. The predicted octanol–water partition coefficient (Wildman–Crippen LogP) is 1.66. The summed E-state index contributed by atoms with van der Waals surface area (Å²) in [6.07, 6.45) is -1.05. The van der Waals surface area contributed by atoms with Gasteiger partial charge in [-0.15, -0.1) is 0 Å². The van der Waals surface area contributed by atoms with Crippen LogP contribution in [0.1, 0.15) is 0 Å². The zero-order valence-corrected chi connectivity index (χ0v) is 8.94. The van der Waals surface area contributed by atoms with Crippen molar-refractivity contribution in [1.29, 1.82) is 0 Å². The molecule has 0 heterocycles. The van der Waals surface area contributed by atoms with Gasteiger partial charge in [-0.1, -0.05) is 0 Å². The van der Waals surface area contributed by atoms with Crippen molar-refractivity contribution in [2.45, 2.75) is 6.10 Å². The van der Waals surface area contributed by atoms with Crippen molar-refractivity contribution in [3.05, 3.63) is 29.3 Å². The van der Waals surface area contributed by atoms with Crippen LogP contribution in [0.5, 0.6) is 0 Å². The lowest BCUT2D eigenvalue weighted by Crippen LogP contribution is -2.25. The summed E-state index contributed by atoms with van der Waals surface area (Å²) < 4.78 is 56.4. The van der Waals surface area contributed by atoms with E-state index < -0.39 is 35.1 Å². The molecule has 0 radical (unpaired) electrons. The molecular formula is C10H11F4NO2. The lowest BCUT2D eigenvalue weighted by molar-refractivity contribution is 0.0726. The first-order valence-corrected chi connectivity index (χ1v) is 4.71. The number of rotatable bonds is 5. The number of anilines is 1. The van der Waals surface area contributed by atoms with Crippen LogP contribution in [0.4, 0.5) is 23.2 Å². The van der Waals surface area contributed by atoms with Gasteiger partial charge in [0.15, 0.2) is 23.3 Å². The highest BCUT2D eigenvalue weighted by molar-refractivity contribution is 5.47. The molecule has 3 nitrogen and oxygen atoms in total. The van der Waals surface area contributed by atoms with Crippen LogP contribution >= 0.6 is 0 Å². The Balaban J connectivity index is 2.83. The normalized spacial score (nSPS) is 12.6. The lowest BCUT2D eigenvalue weighted by Gasteiger charge is -2.13. The van der Waals surface area contributed by atoms with Gasteiger partial charge in [-0.05, 0) is 0 Å².